The number of thioether (sulfide) groups is 1. The first-order valence-corrected chi connectivity index (χ1v) is 9.82. The third kappa shape index (κ3) is 5.89. The van der Waals surface area contributed by atoms with E-state index in [4.69, 9.17) is 0 Å². The molecule has 0 aliphatic rings. The highest BCUT2D eigenvalue weighted by Crippen LogP contribution is 2.17. The number of nitrogens with one attached hydrogen (secondary N) is 2. The van der Waals surface area contributed by atoms with E-state index >= 15 is 0 Å². The molecule has 7 nitrogen and oxygen atoms in total. The maximum atomic E-state index is 12.9. The number of halogens is 1. The van der Waals surface area contributed by atoms with Gasteiger partial charge >= 0.3 is 0 Å². The molecule has 2 N–H and O–H groups in total. The Bertz CT molecular complexity index is 1020. The van der Waals surface area contributed by atoms with E-state index in [0.29, 0.717) is 16.7 Å². The predicted molar refractivity (Wildman–Crippen MR) is 110 cm³/mol. The molecule has 0 radical (unpaired) electrons. The van der Waals surface area contributed by atoms with Gasteiger partial charge in [-0.2, -0.15) is 0 Å². The highest BCUT2D eigenvalue weighted by Gasteiger charge is 2.15. The monoisotopic (exact) mass is 413 g/mol. The number of carbonyl (C=O) groups is 2. The van der Waals surface area contributed by atoms with Crippen LogP contribution in [0.2, 0.25) is 0 Å². The van der Waals surface area contributed by atoms with Crippen molar-refractivity contribution in [1.82, 2.24) is 14.8 Å². The van der Waals surface area contributed by atoms with Crippen LogP contribution in [-0.2, 0) is 23.1 Å². The molecule has 150 valence electrons. The molecule has 29 heavy (non-hydrogen) atoms. The number of amides is 2. The Hall–Kier alpha value is -3.20. The second-order valence-electron chi connectivity index (χ2n) is 6.40. The van der Waals surface area contributed by atoms with Gasteiger partial charge in [-0.15, -0.1) is 10.2 Å². The lowest BCUT2D eigenvalue weighted by molar-refractivity contribution is -0.116. The molecule has 0 saturated carbocycles. The van der Waals surface area contributed by atoms with Crippen LogP contribution in [0, 0.1) is 12.7 Å². The zero-order valence-electron chi connectivity index (χ0n) is 16.0. The molecule has 3 rings (SSSR count). The van der Waals surface area contributed by atoms with E-state index < -0.39 is 0 Å². The van der Waals surface area contributed by atoms with Gasteiger partial charge in [-0.25, -0.2) is 4.39 Å². The Kier molecular flexibility index (Phi) is 6.61. The fourth-order valence-electron chi connectivity index (χ4n) is 2.56. The smallest absolute Gasteiger partial charge is 0.234 e. The van der Waals surface area contributed by atoms with Crippen molar-refractivity contribution in [3.8, 4) is 0 Å². The van der Waals surface area contributed by atoms with Crippen LogP contribution in [0.3, 0.4) is 0 Å². The number of nitrogens with zero attached hydrogens (tertiary/aromatic N) is 3. The second-order valence-corrected chi connectivity index (χ2v) is 7.34. The Balaban J connectivity index is 1.52. The van der Waals surface area contributed by atoms with Gasteiger partial charge in [-0.1, -0.05) is 23.9 Å². The van der Waals surface area contributed by atoms with Crippen molar-refractivity contribution in [1.29, 1.82) is 0 Å². The molecule has 9 heteroatoms. The number of hydrogen-bond donors (Lipinski definition) is 2. The summed E-state index contributed by atoms with van der Waals surface area (Å²) in [5.41, 5.74) is 2.31. The van der Waals surface area contributed by atoms with Gasteiger partial charge in [0.1, 0.15) is 11.6 Å². The summed E-state index contributed by atoms with van der Waals surface area (Å²) < 4.78 is 14.6. The van der Waals surface area contributed by atoms with Crippen molar-refractivity contribution in [2.24, 2.45) is 7.05 Å². The van der Waals surface area contributed by atoms with E-state index in [1.807, 2.05) is 31.2 Å². The van der Waals surface area contributed by atoms with E-state index in [-0.39, 0.29) is 29.8 Å². The molecule has 0 fully saturated rings. The highest BCUT2D eigenvalue weighted by molar-refractivity contribution is 7.99. The Morgan fingerprint density at radius 3 is 2.48 bits per heavy atom. The second kappa shape index (κ2) is 9.33. The summed E-state index contributed by atoms with van der Waals surface area (Å²) in [5.74, 6) is -0.183. The lowest BCUT2D eigenvalue weighted by atomic mass is 10.2. The fraction of sp³-hybridized carbons (Fsp3) is 0.200. The molecule has 0 saturated heterocycles. The predicted octanol–water partition coefficient (Wildman–Crippen LogP) is 3.17. The summed E-state index contributed by atoms with van der Waals surface area (Å²) in [7, 11) is 1.74. The number of benzene rings is 2. The van der Waals surface area contributed by atoms with Crippen molar-refractivity contribution in [3.63, 3.8) is 0 Å². The molecule has 0 atom stereocenters. The number of anilines is 2. The van der Waals surface area contributed by atoms with Crippen LogP contribution < -0.4 is 10.6 Å². The number of hydrogen-bond acceptors (Lipinski definition) is 5. The largest absolute Gasteiger partial charge is 0.326 e. The average Bonchev–Trinajstić information content (AvgIpc) is 3.01. The lowest BCUT2D eigenvalue weighted by Crippen LogP contribution is -2.17. The molecule has 3 aromatic rings. The van der Waals surface area contributed by atoms with Crippen molar-refractivity contribution >= 4 is 35.0 Å². The quantitative estimate of drug-likeness (QED) is 0.581. The molecule has 2 amide bonds. The normalized spacial score (nSPS) is 10.6. The molecular formula is C20H20FN5O2S. The average molecular weight is 413 g/mol. The van der Waals surface area contributed by atoms with E-state index in [2.05, 4.69) is 20.8 Å². The van der Waals surface area contributed by atoms with Crippen molar-refractivity contribution in [2.75, 3.05) is 16.4 Å². The summed E-state index contributed by atoms with van der Waals surface area (Å²) in [4.78, 5) is 24.3. The summed E-state index contributed by atoms with van der Waals surface area (Å²) in [6.07, 6.45) is 0.0108. The minimum Gasteiger partial charge on any atom is -0.326 e. The van der Waals surface area contributed by atoms with Crippen LogP contribution in [0.25, 0.3) is 0 Å². The minimum absolute atomic E-state index is 0.0108. The third-order valence-electron chi connectivity index (χ3n) is 4.01. The summed E-state index contributed by atoms with van der Waals surface area (Å²) in [6, 6.07) is 13.1. The first-order valence-electron chi connectivity index (χ1n) is 8.84. The summed E-state index contributed by atoms with van der Waals surface area (Å²) >= 11 is 1.24. The van der Waals surface area contributed by atoms with Crippen LogP contribution in [-0.4, -0.2) is 32.3 Å². The van der Waals surface area contributed by atoms with E-state index in [9.17, 15) is 14.0 Å². The van der Waals surface area contributed by atoms with Crippen LogP contribution in [0.5, 0.6) is 0 Å². The van der Waals surface area contributed by atoms with Gasteiger partial charge in [0.15, 0.2) is 5.16 Å². The van der Waals surface area contributed by atoms with Crippen LogP contribution >= 0.6 is 11.8 Å². The number of aromatic nitrogens is 3. The van der Waals surface area contributed by atoms with Crippen LogP contribution in [0.15, 0.2) is 53.7 Å². The molecule has 1 heterocycles. The minimum atomic E-state index is -0.371. The summed E-state index contributed by atoms with van der Waals surface area (Å²) in [6.45, 7) is 1.96. The third-order valence-corrected chi connectivity index (χ3v) is 5.03. The lowest BCUT2D eigenvalue weighted by Gasteiger charge is -2.07. The molecular weight excluding hydrogens is 393 g/mol. The first-order chi connectivity index (χ1) is 13.9. The zero-order chi connectivity index (χ0) is 20.8. The standard InChI is InChI=1S/C20H20FN5O2S/c1-13-4-3-5-16(10-13)23-19(28)12-29-20-25-24-17(26(20)2)11-18(27)22-15-8-6-14(21)7-9-15/h3-10H,11-12H2,1-2H3,(H,22,27)(H,23,28). The molecule has 0 aliphatic heterocycles. The van der Waals surface area contributed by atoms with E-state index in [1.165, 1.54) is 36.0 Å². The Morgan fingerprint density at radius 1 is 1.03 bits per heavy atom. The van der Waals surface area contributed by atoms with E-state index in [0.717, 1.165) is 11.3 Å². The summed E-state index contributed by atoms with van der Waals surface area (Å²) in [5, 5.41) is 14.1. The van der Waals surface area contributed by atoms with Crippen molar-refractivity contribution in [2.45, 2.75) is 18.5 Å². The Labute approximate surface area is 171 Å². The molecule has 1 aromatic heterocycles. The highest BCUT2D eigenvalue weighted by atomic mass is 32.2. The van der Waals surface area contributed by atoms with Crippen LogP contribution in [0.4, 0.5) is 15.8 Å². The van der Waals surface area contributed by atoms with Gasteiger partial charge in [0.2, 0.25) is 11.8 Å². The van der Waals surface area contributed by atoms with Crippen molar-refractivity contribution in [3.05, 3.63) is 65.7 Å². The van der Waals surface area contributed by atoms with Gasteiger partial charge in [0, 0.05) is 18.4 Å². The first kappa shape index (κ1) is 20.5. The number of rotatable bonds is 7. The number of aryl methyl sites for hydroxylation is 1. The molecule has 0 bridgehead atoms. The molecule has 0 unspecified atom stereocenters. The maximum Gasteiger partial charge on any atom is 0.234 e. The van der Waals surface area contributed by atoms with Crippen LogP contribution in [0.1, 0.15) is 11.4 Å². The SMILES string of the molecule is Cc1cccc(NC(=O)CSc2nnc(CC(=O)Nc3ccc(F)cc3)n2C)c1. The Morgan fingerprint density at radius 2 is 1.76 bits per heavy atom. The van der Waals surface area contributed by atoms with Gasteiger partial charge < -0.3 is 15.2 Å². The van der Waals surface area contributed by atoms with Gasteiger partial charge in [-0.05, 0) is 48.9 Å². The molecule has 2 aromatic carbocycles. The zero-order valence-corrected chi connectivity index (χ0v) is 16.8. The maximum absolute atomic E-state index is 12.9. The molecule has 0 aliphatic carbocycles. The number of carbonyl (C=O) groups excluding carboxylic acids is 2. The molecule has 0 spiro atoms. The van der Waals surface area contributed by atoms with Crippen molar-refractivity contribution < 1.29 is 14.0 Å². The topological polar surface area (TPSA) is 88.9 Å². The van der Waals surface area contributed by atoms with Gasteiger partial charge in [-0.3, -0.25) is 9.59 Å². The van der Waals surface area contributed by atoms with Gasteiger partial charge in [0.25, 0.3) is 0 Å². The van der Waals surface area contributed by atoms with E-state index in [1.54, 1.807) is 11.6 Å². The fourth-order valence-corrected chi connectivity index (χ4v) is 3.29. The van der Waals surface area contributed by atoms with Gasteiger partial charge in [0.05, 0.1) is 12.2 Å².